The van der Waals surface area contributed by atoms with Gasteiger partial charge in [0.05, 0.1) is 50.0 Å². The van der Waals surface area contributed by atoms with E-state index < -0.39 is 66.9 Å². The molecule has 1 saturated carbocycles. The average Bonchev–Trinajstić information content (AvgIpc) is 4.11. The van der Waals surface area contributed by atoms with E-state index >= 15 is 0 Å². The topological polar surface area (TPSA) is 224 Å². The molecular formula is C49H66F2N10O7S2. The highest BCUT2D eigenvalue weighted by atomic mass is 32.1. The van der Waals surface area contributed by atoms with Gasteiger partial charge in [0.15, 0.2) is 10.0 Å². The number of aromatic nitrogens is 4. The Morgan fingerprint density at radius 3 is 1.91 bits per heavy atom. The zero-order valence-electron chi connectivity index (χ0n) is 43.4. The maximum absolute atomic E-state index is 14.1. The average molecular weight is 1010 g/mol. The van der Waals surface area contributed by atoms with Gasteiger partial charge >= 0.3 is 0 Å². The molecule has 4 aromatic rings. The van der Waals surface area contributed by atoms with Gasteiger partial charge in [0.2, 0.25) is 0 Å². The molecule has 3 saturated heterocycles. The molecule has 3 aliphatic heterocycles. The van der Waals surface area contributed by atoms with Gasteiger partial charge in [0, 0.05) is 66.1 Å². The number of carbonyl (C=O) groups excluding carboxylic acids is 4. The molecule has 7 heterocycles. The van der Waals surface area contributed by atoms with E-state index in [2.05, 4.69) is 48.1 Å². The van der Waals surface area contributed by atoms with Crippen molar-refractivity contribution in [2.24, 2.45) is 0 Å². The molecule has 0 radical (unpaired) electrons. The predicted molar refractivity (Wildman–Crippen MR) is 266 cm³/mol. The minimum absolute atomic E-state index is 0.000333. The van der Waals surface area contributed by atoms with Gasteiger partial charge in [-0.3, -0.25) is 19.2 Å². The summed E-state index contributed by atoms with van der Waals surface area (Å²) in [5.74, 6) is -3.85. The maximum atomic E-state index is 14.1. The van der Waals surface area contributed by atoms with Crippen LogP contribution in [0.5, 0.6) is 0 Å². The minimum atomic E-state index is -2.98. The third kappa shape index (κ3) is 12.4. The Labute approximate surface area is 418 Å². The van der Waals surface area contributed by atoms with Gasteiger partial charge in [-0.1, -0.05) is 0 Å². The number of pyridine rings is 2. The Morgan fingerprint density at radius 2 is 1.44 bits per heavy atom. The largest absolute Gasteiger partial charge is 0.389 e. The number of carbonyl (C=O) groups is 4. The van der Waals surface area contributed by atoms with Crippen molar-refractivity contribution in [3.63, 3.8) is 0 Å². The smallest absolute Gasteiger partial charge is 0.280 e. The van der Waals surface area contributed by atoms with Crippen molar-refractivity contribution in [3.05, 3.63) is 57.1 Å². The number of likely N-dealkylation sites (tertiary alicyclic amines) is 2. The number of aryl methyl sites for hydroxylation is 2. The van der Waals surface area contributed by atoms with Crippen LogP contribution in [0.3, 0.4) is 0 Å². The van der Waals surface area contributed by atoms with E-state index in [-0.39, 0.29) is 57.6 Å². The molecule has 4 fully saturated rings. The number of amides is 4. The highest BCUT2D eigenvalue weighted by Crippen LogP contribution is 2.40. The fourth-order valence-electron chi connectivity index (χ4n) is 8.70. The van der Waals surface area contributed by atoms with Crippen molar-refractivity contribution in [3.8, 4) is 20.9 Å². The normalized spacial score (nSPS) is 22.3. The van der Waals surface area contributed by atoms with Gasteiger partial charge in [0.25, 0.3) is 29.6 Å². The molecule has 70 heavy (non-hydrogen) atoms. The van der Waals surface area contributed by atoms with E-state index in [1.807, 2.05) is 53.7 Å². The number of thiazole rings is 2. The van der Waals surface area contributed by atoms with Gasteiger partial charge in [-0.15, -0.1) is 22.7 Å². The summed E-state index contributed by atoms with van der Waals surface area (Å²) in [6.07, 6.45) is 7.10. The number of aliphatic hydroxyl groups is 2. The molecular weight excluding hydrogens is 943 g/mol. The quantitative estimate of drug-likeness (QED) is 0.0836. The van der Waals surface area contributed by atoms with Crippen LogP contribution in [0, 0.1) is 13.8 Å². The first-order chi connectivity index (χ1) is 33.4. The third-order valence-electron chi connectivity index (χ3n) is 12.6. The second-order valence-electron chi connectivity index (χ2n) is 20.7. The molecule has 0 bridgehead atoms. The maximum Gasteiger partial charge on any atom is 0.280 e. The van der Waals surface area contributed by atoms with Gasteiger partial charge in [-0.05, 0) is 125 Å². The Hall–Kier alpha value is -5.22. The highest BCUT2D eigenvalue weighted by Gasteiger charge is 2.46. The fraction of sp³-hybridized carbons (Fsp3) is 0.592. The Kier molecular flexibility index (Phi) is 14.6. The molecule has 21 heteroatoms. The summed E-state index contributed by atoms with van der Waals surface area (Å²) in [5, 5.41) is 31.7. The zero-order chi connectivity index (χ0) is 52.9. The third-order valence-corrected chi connectivity index (χ3v) is 14.8. The fourth-order valence-corrected chi connectivity index (χ4v) is 10.8. The van der Waals surface area contributed by atoms with Crippen LogP contribution in [0.15, 0.2) is 24.5 Å². The van der Waals surface area contributed by atoms with Crippen LogP contribution >= 0.6 is 22.7 Å². The number of nitrogens with one attached hydrogen (secondary N) is 4. The number of halogens is 2. The lowest BCUT2D eigenvalue weighted by Crippen LogP contribution is -2.42. The van der Waals surface area contributed by atoms with Crippen molar-refractivity contribution < 1.29 is 45.7 Å². The highest BCUT2D eigenvalue weighted by molar-refractivity contribution is 7.17. The first-order valence-electron chi connectivity index (χ1n) is 24.6. The van der Waals surface area contributed by atoms with Crippen molar-refractivity contribution in [1.29, 1.82) is 0 Å². The molecule has 8 rings (SSSR count). The Morgan fingerprint density at radius 1 is 0.871 bits per heavy atom. The summed E-state index contributed by atoms with van der Waals surface area (Å²) >= 11 is 2.02. The molecule has 0 aromatic carbocycles. The first-order valence-corrected chi connectivity index (χ1v) is 25.2. The summed E-state index contributed by atoms with van der Waals surface area (Å²) in [6.45, 7) is 15.9. The minimum Gasteiger partial charge on any atom is -0.389 e. The number of alkyl halides is 2. The molecule has 4 atom stereocenters. The number of nitrogens with zero attached hydrogens (tertiary/aromatic N) is 6. The van der Waals surface area contributed by atoms with Gasteiger partial charge in [0.1, 0.15) is 23.0 Å². The summed E-state index contributed by atoms with van der Waals surface area (Å²) in [7, 11) is 0. The van der Waals surface area contributed by atoms with Crippen LogP contribution in [0.1, 0.15) is 148 Å². The van der Waals surface area contributed by atoms with E-state index in [0.29, 0.717) is 39.1 Å². The molecule has 0 unspecified atom stereocenters. The molecule has 4 amide bonds. The molecule has 380 valence electrons. The number of hydrogen-bond acceptors (Lipinski definition) is 15. The molecule has 4 aliphatic rings. The predicted octanol–water partition coefficient (Wildman–Crippen LogP) is 7.08. The van der Waals surface area contributed by atoms with Crippen LogP contribution < -0.4 is 21.3 Å². The lowest BCUT2D eigenvalue weighted by Gasteiger charge is -2.39. The van der Waals surface area contributed by atoms with E-state index in [4.69, 9.17) is 7.48 Å². The SMILES string of the molecule is Cc1cc(NC2(C)CCC2)ncc1-c1sc(C(=O)N[C@H]2COC[C@@H]2O)nc1C(=O)N1CC(F)(F)C[C@@H]1C.[2H]C([2H])(NC(=O)c1nc(C(=O)N2CCC[C@@H]2C)c(-c2cnc(NC(C)(C)C)cc2C)s1)C(C)(C)O. The lowest BCUT2D eigenvalue weighted by atomic mass is 9.78. The van der Waals surface area contributed by atoms with Crippen LogP contribution in [0.25, 0.3) is 20.9 Å². The summed E-state index contributed by atoms with van der Waals surface area (Å²) in [4.78, 5) is 74.5. The van der Waals surface area contributed by atoms with Gasteiger partial charge in [-0.2, -0.15) is 0 Å². The second-order valence-corrected chi connectivity index (χ2v) is 22.7. The molecule has 6 N–H and O–H groups in total. The van der Waals surface area contributed by atoms with Crippen LogP contribution in [-0.2, 0) is 4.74 Å². The van der Waals surface area contributed by atoms with Gasteiger partial charge < -0.3 is 46.0 Å². The van der Waals surface area contributed by atoms with E-state index in [0.717, 1.165) is 70.8 Å². The first kappa shape index (κ1) is 49.7. The van der Waals surface area contributed by atoms with Crippen LogP contribution in [0.2, 0.25) is 0 Å². The lowest BCUT2D eigenvalue weighted by molar-refractivity contribution is 0.0117. The van der Waals surface area contributed by atoms with Crippen LogP contribution in [-0.4, -0.2) is 143 Å². The summed E-state index contributed by atoms with van der Waals surface area (Å²) < 4.78 is 49.4. The van der Waals surface area contributed by atoms with E-state index in [1.54, 1.807) is 24.2 Å². The van der Waals surface area contributed by atoms with Crippen molar-refractivity contribution >= 4 is 57.9 Å². The van der Waals surface area contributed by atoms with Crippen molar-refractivity contribution in [2.45, 2.75) is 155 Å². The Bertz CT molecular complexity index is 2700. The summed E-state index contributed by atoms with van der Waals surface area (Å²) in [5.41, 5.74) is 1.06. The zero-order valence-corrected chi connectivity index (χ0v) is 43.0. The number of aliphatic hydroxyl groups excluding tert-OH is 1. The van der Waals surface area contributed by atoms with Crippen molar-refractivity contribution in [1.82, 2.24) is 40.4 Å². The molecule has 1 aliphatic carbocycles. The molecule has 4 aromatic heterocycles. The number of ether oxygens (including phenoxy) is 1. The van der Waals surface area contributed by atoms with E-state index in [9.17, 15) is 38.2 Å². The second kappa shape index (κ2) is 20.5. The standard InChI is InChI=1S/C25H31F2N5O4S.C24H35N5O3S/c1-13-7-18(31-24(3)5-4-6-24)28-9-15(13)20-19(23(35)32-12-25(26,27)8-14(32)2)30-22(37-20)21(34)29-16-10-36-11-17(16)33;1-14-11-17(28-23(3,4)5)25-12-16(14)19-18(22(31)29-10-8-9-15(29)2)27-21(33-19)20(30)26-13-24(6,7)32/h7,9,14,16-17,33H,4-6,8,10-12H2,1-3H3,(H,28,31)(H,29,34);11-12,15,32H,8-10,13H2,1-7H3,(H,25,28)(H,26,30)/t14-,16-,17-;15-/m00/s1/i;13D2. The molecule has 0 spiro atoms. The number of anilines is 2. The van der Waals surface area contributed by atoms with E-state index in [1.165, 1.54) is 13.8 Å². The van der Waals surface area contributed by atoms with Crippen LogP contribution in [0.4, 0.5) is 20.4 Å². The number of hydrogen-bond donors (Lipinski definition) is 6. The Balaban J connectivity index is 0.000000212. The number of rotatable bonds is 12. The van der Waals surface area contributed by atoms with Crippen molar-refractivity contribution in [2.75, 3.05) is 43.4 Å². The summed E-state index contributed by atoms with van der Waals surface area (Å²) in [6, 6.07) is 2.56. The molecule has 17 nitrogen and oxygen atoms in total. The monoisotopic (exact) mass is 1010 g/mol. The van der Waals surface area contributed by atoms with Gasteiger partial charge in [-0.25, -0.2) is 28.7 Å².